The van der Waals surface area contributed by atoms with Crippen molar-refractivity contribution in [1.82, 2.24) is 20.1 Å². The Hall–Kier alpha value is -1.62. The third-order valence-electron chi connectivity index (χ3n) is 3.31. The predicted molar refractivity (Wildman–Crippen MR) is 69.2 cm³/mol. The van der Waals surface area contributed by atoms with Gasteiger partial charge < -0.3 is 9.73 Å². The lowest BCUT2D eigenvalue weighted by atomic mass is 10.2. The molecule has 0 bridgehead atoms. The standard InChI is InChI=1S/C13H20N4O/c1-8-11(4)18-13(15-8)7-14-6-12-9(2)16-17(5)10(12)3/h14H,6-7H2,1-5H3. The van der Waals surface area contributed by atoms with Gasteiger partial charge in [-0.25, -0.2) is 4.98 Å². The number of oxazole rings is 1. The minimum atomic E-state index is 0.641. The average molecular weight is 248 g/mol. The molecule has 2 rings (SSSR count). The van der Waals surface area contributed by atoms with E-state index in [2.05, 4.69) is 22.3 Å². The highest BCUT2D eigenvalue weighted by molar-refractivity contribution is 5.24. The molecule has 0 spiro atoms. The van der Waals surface area contributed by atoms with Gasteiger partial charge in [0.15, 0.2) is 0 Å². The molecule has 0 atom stereocenters. The molecule has 0 aromatic carbocycles. The van der Waals surface area contributed by atoms with Crippen molar-refractivity contribution in [1.29, 1.82) is 0 Å². The zero-order valence-electron chi connectivity index (χ0n) is 11.7. The smallest absolute Gasteiger partial charge is 0.208 e. The Labute approximate surface area is 107 Å². The SMILES string of the molecule is Cc1nc(CNCc2c(C)nn(C)c2C)oc1C. The highest BCUT2D eigenvalue weighted by Gasteiger charge is 2.10. The Balaban J connectivity index is 1.96. The molecule has 5 heteroatoms. The van der Waals surface area contributed by atoms with Gasteiger partial charge in [-0.1, -0.05) is 0 Å². The molecule has 2 aromatic rings. The monoisotopic (exact) mass is 248 g/mol. The van der Waals surface area contributed by atoms with E-state index in [9.17, 15) is 0 Å². The van der Waals surface area contributed by atoms with E-state index in [4.69, 9.17) is 4.42 Å². The Morgan fingerprint density at radius 3 is 2.33 bits per heavy atom. The van der Waals surface area contributed by atoms with Gasteiger partial charge in [-0.3, -0.25) is 4.68 Å². The molecule has 18 heavy (non-hydrogen) atoms. The average Bonchev–Trinajstić information content (AvgIpc) is 2.73. The second-order valence-corrected chi connectivity index (χ2v) is 4.63. The van der Waals surface area contributed by atoms with Gasteiger partial charge in [0, 0.05) is 24.8 Å². The Morgan fingerprint density at radius 2 is 1.83 bits per heavy atom. The van der Waals surface area contributed by atoms with Crippen molar-refractivity contribution in [3.05, 3.63) is 34.3 Å². The van der Waals surface area contributed by atoms with Crippen LogP contribution in [0.3, 0.4) is 0 Å². The van der Waals surface area contributed by atoms with E-state index in [-0.39, 0.29) is 0 Å². The van der Waals surface area contributed by atoms with Crippen LogP contribution in [0.4, 0.5) is 0 Å². The molecule has 0 aliphatic heterocycles. The second kappa shape index (κ2) is 4.94. The van der Waals surface area contributed by atoms with Crippen molar-refractivity contribution < 1.29 is 4.42 Å². The summed E-state index contributed by atoms with van der Waals surface area (Å²) in [6.45, 7) is 9.42. The quantitative estimate of drug-likeness (QED) is 0.898. The van der Waals surface area contributed by atoms with E-state index in [1.54, 1.807) is 0 Å². The summed E-state index contributed by atoms with van der Waals surface area (Å²) in [5.74, 6) is 1.63. The summed E-state index contributed by atoms with van der Waals surface area (Å²) in [7, 11) is 1.96. The molecule has 0 fully saturated rings. The van der Waals surface area contributed by atoms with E-state index in [0.717, 1.165) is 29.6 Å². The fourth-order valence-corrected chi connectivity index (χ4v) is 1.98. The molecule has 0 saturated heterocycles. The fraction of sp³-hybridized carbons (Fsp3) is 0.538. The van der Waals surface area contributed by atoms with E-state index < -0.39 is 0 Å². The van der Waals surface area contributed by atoms with Crippen LogP contribution >= 0.6 is 0 Å². The van der Waals surface area contributed by atoms with Gasteiger partial charge in [0.1, 0.15) is 5.76 Å². The van der Waals surface area contributed by atoms with E-state index in [1.165, 1.54) is 11.3 Å². The van der Waals surface area contributed by atoms with Gasteiger partial charge in [-0.15, -0.1) is 0 Å². The lowest BCUT2D eigenvalue weighted by molar-refractivity contribution is 0.448. The van der Waals surface area contributed by atoms with Crippen LogP contribution in [-0.2, 0) is 20.1 Å². The summed E-state index contributed by atoms with van der Waals surface area (Å²) in [6.07, 6.45) is 0. The summed E-state index contributed by atoms with van der Waals surface area (Å²) < 4.78 is 7.43. The molecule has 0 aliphatic carbocycles. The molecule has 1 N–H and O–H groups in total. The number of nitrogens with zero attached hydrogens (tertiary/aromatic N) is 3. The van der Waals surface area contributed by atoms with Crippen LogP contribution in [0.1, 0.15) is 34.3 Å². The topological polar surface area (TPSA) is 55.9 Å². The molecule has 0 unspecified atom stereocenters. The largest absolute Gasteiger partial charge is 0.444 e. The van der Waals surface area contributed by atoms with Crippen molar-refractivity contribution in [2.75, 3.05) is 0 Å². The summed E-state index contributed by atoms with van der Waals surface area (Å²) in [4.78, 5) is 4.34. The maximum absolute atomic E-state index is 5.52. The van der Waals surface area contributed by atoms with Gasteiger partial charge in [-0.05, 0) is 27.7 Å². The number of aryl methyl sites for hydroxylation is 4. The second-order valence-electron chi connectivity index (χ2n) is 4.63. The summed E-state index contributed by atoms with van der Waals surface area (Å²) >= 11 is 0. The van der Waals surface area contributed by atoms with Crippen molar-refractivity contribution >= 4 is 0 Å². The first-order valence-electron chi connectivity index (χ1n) is 6.11. The first-order chi connectivity index (χ1) is 8.49. The lowest BCUT2D eigenvalue weighted by Crippen LogP contribution is -2.14. The molecular weight excluding hydrogens is 228 g/mol. The van der Waals surface area contributed by atoms with Gasteiger partial charge in [0.05, 0.1) is 17.9 Å². The Morgan fingerprint density at radius 1 is 1.11 bits per heavy atom. The number of hydrogen-bond acceptors (Lipinski definition) is 4. The molecular formula is C13H20N4O. The summed E-state index contributed by atoms with van der Waals surface area (Å²) in [6, 6.07) is 0. The lowest BCUT2D eigenvalue weighted by Gasteiger charge is -2.03. The number of hydrogen-bond donors (Lipinski definition) is 1. The molecule has 0 aliphatic rings. The van der Waals surface area contributed by atoms with E-state index in [0.29, 0.717) is 6.54 Å². The minimum Gasteiger partial charge on any atom is -0.444 e. The molecule has 98 valence electrons. The highest BCUT2D eigenvalue weighted by atomic mass is 16.4. The summed E-state index contributed by atoms with van der Waals surface area (Å²) in [5.41, 5.74) is 4.47. The van der Waals surface area contributed by atoms with Crippen LogP contribution in [0.5, 0.6) is 0 Å². The Bertz CT molecular complexity index is 534. The molecule has 5 nitrogen and oxygen atoms in total. The third kappa shape index (κ3) is 2.46. The van der Waals surface area contributed by atoms with E-state index in [1.807, 2.05) is 32.5 Å². The molecule has 0 saturated carbocycles. The van der Waals surface area contributed by atoms with Gasteiger partial charge in [0.25, 0.3) is 0 Å². The van der Waals surface area contributed by atoms with Crippen molar-refractivity contribution in [3.63, 3.8) is 0 Å². The minimum absolute atomic E-state index is 0.641. The van der Waals surface area contributed by atoms with Crippen LogP contribution in [0, 0.1) is 27.7 Å². The van der Waals surface area contributed by atoms with Crippen molar-refractivity contribution in [3.8, 4) is 0 Å². The Kier molecular flexibility index (Phi) is 3.52. The van der Waals surface area contributed by atoms with Gasteiger partial charge in [-0.2, -0.15) is 5.10 Å². The maximum atomic E-state index is 5.52. The third-order valence-corrected chi connectivity index (χ3v) is 3.31. The van der Waals surface area contributed by atoms with E-state index >= 15 is 0 Å². The van der Waals surface area contributed by atoms with Gasteiger partial charge in [0.2, 0.25) is 5.89 Å². The zero-order valence-corrected chi connectivity index (χ0v) is 11.7. The maximum Gasteiger partial charge on any atom is 0.208 e. The summed E-state index contributed by atoms with van der Waals surface area (Å²) in [5, 5.41) is 7.74. The number of nitrogens with one attached hydrogen (secondary N) is 1. The first-order valence-corrected chi connectivity index (χ1v) is 6.11. The zero-order chi connectivity index (χ0) is 13.3. The molecule has 2 aromatic heterocycles. The highest BCUT2D eigenvalue weighted by Crippen LogP contribution is 2.12. The first kappa shape index (κ1) is 12.8. The van der Waals surface area contributed by atoms with Crippen LogP contribution in [0.25, 0.3) is 0 Å². The van der Waals surface area contributed by atoms with Crippen molar-refractivity contribution in [2.45, 2.75) is 40.8 Å². The van der Waals surface area contributed by atoms with Crippen LogP contribution in [0.15, 0.2) is 4.42 Å². The van der Waals surface area contributed by atoms with Crippen LogP contribution < -0.4 is 5.32 Å². The van der Waals surface area contributed by atoms with Gasteiger partial charge >= 0.3 is 0 Å². The normalized spacial score (nSPS) is 11.2. The number of rotatable bonds is 4. The predicted octanol–water partition coefficient (Wildman–Crippen LogP) is 1.93. The van der Waals surface area contributed by atoms with Crippen molar-refractivity contribution in [2.24, 2.45) is 7.05 Å². The fourth-order valence-electron chi connectivity index (χ4n) is 1.98. The van der Waals surface area contributed by atoms with Crippen LogP contribution in [-0.4, -0.2) is 14.8 Å². The number of aromatic nitrogens is 3. The molecule has 0 radical (unpaired) electrons. The molecule has 2 heterocycles. The molecule has 0 amide bonds. The van der Waals surface area contributed by atoms with Crippen LogP contribution in [0.2, 0.25) is 0 Å².